The maximum absolute atomic E-state index is 13.0. The lowest BCUT2D eigenvalue weighted by Crippen LogP contribution is -2.60. The molecule has 136 valence electrons. The van der Waals surface area contributed by atoms with Crippen molar-refractivity contribution in [2.75, 3.05) is 32.8 Å². The highest BCUT2D eigenvalue weighted by molar-refractivity contribution is 5.92. The molecule has 0 aliphatic carbocycles. The van der Waals surface area contributed by atoms with Crippen LogP contribution in [-0.2, 0) is 4.79 Å². The fourth-order valence-electron chi connectivity index (χ4n) is 3.25. The Morgan fingerprint density at radius 2 is 1.65 bits per heavy atom. The van der Waals surface area contributed by atoms with E-state index < -0.39 is 5.60 Å². The van der Waals surface area contributed by atoms with E-state index in [-0.39, 0.29) is 18.4 Å². The van der Waals surface area contributed by atoms with E-state index in [1.165, 1.54) is 6.26 Å². The molecule has 0 N–H and O–H groups in total. The average molecular weight is 356 g/mol. The number of fused-ring (bicyclic) bond motifs is 1. The first-order chi connectivity index (χ1) is 12.6. The van der Waals surface area contributed by atoms with Crippen molar-refractivity contribution in [2.45, 2.75) is 12.5 Å². The summed E-state index contributed by atoms with van der Waals surface area (Å²) in [7, 11) is 0. The Labute approximate surface area is 151 Å². The number of hydrogen-bond donors (Lipinski definition) is 0. The number of rotatable bonds is 2. The molecule has 2 aromatic rings. The van der Waals surface area contributed by atoms with Gasteiger partial charge in [0.2, 0.25) is 5.60 Å². The maximum atomic E-state index is 13.0. The van der Waals surface area contributed by atoms with Crippen LogP contribution in [-0.4, -0.2) is 60.0 Å². The maximum Gasteiger partial charge on any atom is 0.289 e. The van der Waals surface area contributed by atoms with Gasteiger partial charge >= 0.3 is 0 Å². The molecule has 7 heteroatoms. The Balaban J connectivity index is 1.40. The van der Waals surface area contributed by atoms with Gasteiger partial charge in [0.15, 0.2) is 17.3 Å². The first-order valence-electron chi connectivity index (χ1n) is 8.60. The van der Waals surface area contributed by atoms with Crippen molar-refractivity contribution >= 4 is 11.8 Å². The van der Waals surface area contributed by atoms with Crippen molar-refractivity contribution in [1.29, 1.82) is 0 Å². The van der Waals surface area contributed by atoms with Crippen LogP contribution in [0.3, 0.4) is 0 Å². The highest BCUT2D eigenvalue weighted by Gasteiger charge is 2.44. The van der Waals surface area contributed by atoms with Crippen LogP contribution in [0.4, 0.5) is 0 Å². The fraction of sp³-hybridized carbons (Fsp3) is 0.368. The molecule has 1 saturated heterocycles. The van der Waals surface area contributed by atoms with E-state index in [4.69, 9.17) is 13.9 Å². The van der Waals surface area contributed by atoms with E-state index >= 15 is 0 Å². The van der Waals surface area contributed by atoms with Gasteiger partial charge in [-0.1, -0.05) is 12.1 Å². The number of hydrogen-bond acceptors (Lipinski definition) is 5. The lowest BCUT2D eigenvalue weighted by atomic mass is 10.0. The van der Waals surface area contributed by atoms with Gasteiger partial charge in [-0.15, -0.1) is 0 Å². The van der Waals surface area contributed by atoms with Crippen LogP contribution in [0.1, 0.15) is 17.5 Å². The van der Waals surface area contributed by atoms with Gasteiger partial charge in [-0.05, 0) is 31.2 Å². The summed E-state index contributed by atoms with van der Waals surface area (Å²) in [6.07, 6.45) is 1.48. The summed E-state index contributed by atoms with van der Waals surface area (Å²) in [4.78, 5) is 28.7. The van der Waals surface area contributed by atoms with Crippen LogP contribution in [0.25, 0.3) is 0 Å². The molecule has 0 saturated carbocycles. The van der Waals surface area contributed by atoms with Gasteiger partial charge in [0.05, 0.1) is 6.26 Å². The predicted molar refractivity (Wildman–Crippen MR) is 92.2 cm³/mol. The number of carbonyl (C=O) groups is 2. The molecule has 7 nitrogen and oxygen atoms in total. The van der Waals surface area contributed by atoms with Crippen LogP contribution in [0.5, 0.6) is 11.5 Å². The molecule has 1 fully saturated rings. The van der Waals surface area contributed by atoms with Gasteiger partial charge in [-0.25, -0.2) is 0 Å². The third kappa shape index (κ3) is 2.89. The molecule has 1 aromatic heterocycles. The number of para-hydroxylation sites is 2. The monoisotopic (exact) mass is 356 g/mol. The summed E-state index contributed by atoms with van der Waals surface area (Å²) >= 11 is 0. The van der Waals surface area contributed by atoms with E-state index in [1.54, 1.807) is 34.9 Å². The largest absolute Gasteiger partial charge is 0.485 e. The minimum absolute atomic E-state index is 0.128. The zero-order chi connectivity index (χ0) is 18.1. The smallest absolute Gasteiger partial charge is 0.289 e. The molecule has 26 heavy (non-hydrogen) atoms. The van der Waals surface area contributed by atoms with Gasteiger partial charge in [0, 0.05) is 26.2 Å². The van der Waals surface area contributed by atoms with Gasteiger partial charge in [0.25, 0.3) is 11.8 Å². The predicted octanol–water partition coefficient (Wildman–Crippen LogP) is 1.79. The van der Waals surface area contributed by atoms with E-state index in [1.807, 2.05) is 18.2 Å². The number of ether oxygens (including phenoxy) is 2. The second kappa shape index (κ2) is 6.40. The Hall–Kier alpha value is -2.96. The van der Waals surface area contributed by atoms with E-state index in [0.717, 1.165) is 0 Å². The molecule has 1 unspecified atom stereocenters. The lowest BCUT2D eigenvalue weighted by Gasteiger charge is -2.41. The number of amides is 2. The average Bonchev–Trinajstić information content (AvgIpc) is 3.21. The van der Waals surface area contributed by atoms with Crippen molar-refractivity contribution in [2.24, 2.45) is 0 Å². The normalized spacial score (nSPS) is 22.2. The summed E-state index contributed by atoms with van der Waals surface area (Å²) < 4.78 is 16.8. The lowest BCUT2D eigenvalue weighted by molar-refractivity contribution is -0.153. The van der Waals surface area contributed by atoms with E-state index in [0.29, 0.717) is 43.4 Å². The standard InChI is InChI=1S/C19H20N2O5/c1-19(13-25-14-5-2-3-6-15(14)26-19)18(23)21-10-8-20(9-11-21)17(22)16-7-4-12-24-16/h2-7,12H,8-11,13H2,1H3. The van der Waals surface area contributed by atoms with Crippen molar-refractivity contribution < 1.29 is 23.5 Å². The summed E-state index contributed by atoms with van der Waals surface area (Å²) in [5, 5.41) is 0. The summed E-state index contributed by atoms with van der Waals surface area (Å²) in [6.45, 7) is 3.72. The highest BCUT2D eigenvalue weighted by atomic mass is 16.6. The molecular weight excluding hydrogens is 336 g/mol. The number of furan rings is 1. The van der Waals surface area contributed by atoms with Gasteiger partial charge < -0.3 is 23.7 Å². The van der Waals surface area contributed by atoms with E-state index in [2.05, 4.69) is 0 Å². The van der Waals surface area contributed by atoms with Crippen molar-refractivity contribution in [3.05, 3.63) is 48.4 Å². The topological polar surface area (TPSA) is 72.2 Å². The molecule has 2 aliphatic heterocycles. The van der Waals surface area contributed by atoms with E-state index in [9.17, 15) is 9.59 Å². The minimum atomic E-state index is -1.07. The minimum Gasteiger partial charge on any atom is -0.485 e. The zero-order valence-corrected chi connectivity index (χ0v) is 14.5. The highest BCUT2D eigenvalue weighted by Crippen LogP contribution is 2.35. The molecule has 4 rings (SSSR count). The SMILES string of the molecule is CC1(C(=O)N2CCN(C(=O)c3ccco3)CC2)COc2ccccc2O1. The fourth-order valence-corrected chi connectivity index (χ4v) is 3.25. The second-order valence-corrected chi connectivity index (χ2v) is 6.63. The van der Waals surface area contributed by atoms with Gasteiger partial charge in [-0.3, -0.25) is 9.59 Å². The quantitative estimate of drug-likeness (QED) is 0.820. The van der Waals surface area contributed by atoms with Crippen LogP contribution in [0.15, 0.2) is 47.1 Å². The molecule has 0 bridgehead atoms. The van der Waals surface area contributed by atoms with Crippen LogP contribution in [0.2, 0.25) is 0 Å². The molecular formula is C19H20N2O5. The Bertz CT molecular complexity index is 811. The van der Waals surface area contributed by atoms with Gasteiger partial charge in [-0.2, -0.15) is 0 Å². The summed E-state index contributed by atoms with van der Waals surface area (Å²) in [5.41, 5.74) is -1.07. The second-order valence-electron chi connectivity index (χ2n) is 6.63. The number of piperazine rings is 1. The Morgan fingerprint density at radius 1 is 0.962 bits per heavy atom. The Kier molecular flexibility index (Phi) is 4.06. The van der Waals surface area contributed by atoms with Crippen LogP contribution >= 0.6 is 0 Å². The number of carbonyl (C=O) groups excluding carboxylic acids is 2. The molecule has 1 aromatic carbocycles. The van der Waals surface area contributed by atoms with Crippen LogP contribution < -0.4 is 9.47 Å². The molecule has 0 radical (unpaired) electrons. The molecule has 2 amide bonds. The summed E-state index contributed by atoms with van der Waals surface area (Å²) in [5.74, 6) is 1.25. The third-order valence-corrected chi connectivity index (χ3v) is 4.73. The Morgan fingerprint density at radius 3 is 2.35 bits per heavy atom. The molecule has 0 spiro atoms. The number of benzene rings is 1. The van der Waals surface area contributed by atoms with Crippen molar-refractivity contribution in [1.82, 2.24) is 9.80 Å². The van der Waals surface area contributed by atoms with Crippen molar-refractivity contribution in [3.63, 3.8) is 0 Å². The molecule has 2 aliphatic rings. The van der Waals surface area contributed by atoms with Crippen molar-refractivity contribution in [3.8, 4) is 11.5 Å². The zero-order valence-electron chi connectivity index (χ0n) is 14.5. The number of nitrogens with zero attached hydrogens (tertiary/aromatic N) is 2. The molecule has 3 heterocycles. The third-order valence-electron chi connectivity index (χ3n) is 4.73. The van der Waals surface area contributed by atoms with Gasteiger partial charge in [0.1, 0.15) is 6.61 Å². The first kappa shape index (κ1) is 16.5. The van der Waals surface area contributed by atoms with Crippen LogP contribution in [0, 0.1) is 0 Å². The summed E-state index contributed by atoms with van der Waals surface area (Å²) in [6, 6.07) is 10.6. The first-order valence-corrected chi connectivity index (χ1v) is 8.60. The molecule has 1 atom stereocenters.